The normalized spacial score (nSPS) is 21.5. The number of sulfonamides is 1. The summed E-state index contributed by atoms with van der Waals surface area (Å²) in [6.07, 6.45) is 2.40. The van der Waals surface area contributed by atoms with E-state index in [9.17, 15) is 17.9 Å². The van der Waals surface area contributed by atoms with Crippen LogP contribution in [0, 0.1) is 5.82 Å². The smallest absolute Gasteiger partial charge is 0.209 e. The van der Waals surface area contributed by atoms with Crippen molar-refractivity contribution in [3.8, 4) is 11.1 Å². The van der Waals surface area contributed by atoms with E-state index in [-0.39, 0.29) is 17.9 Å². The van der Waals surface area contributed by atoms with E-state index in [4.69, 9.17) is 0 Å². The largest absolute Gasteiger partial charge is 0.365 e. The summed E-state index contributed by atoms with van der Waals surface area (Å²) in [5.41, 5.74) is 2.91. The van der Waals surface area contributed by atoms with Crippen LogP contribution in [0.2, 0.25) is 0 Å². The molecule has 0 spiro atoms. The Hall–Kier alpha value is -1.84. The van der Waals surface area contributed by atoms with Gasteiger partial charge in [-0.25, -0.2) is 17.5 Å². The molecule has 1 saturated heterocycles. The highest BCUT2D eigenvalue weighted by molar-refractivity contribution is 7.88. The molecule has 3 unspecified atom stereocenters. The second-order valence-corrected chi connectivity index (χ2v) is 9.57. The van der Waals surface area contributed by atoms with Crippen LogP contribution in [0.4, 0.5) is 4.39 Å². The minimum atomic E-state index is -3.38. The standard InChI is InChI=1S/C22H30FN3O3S/c1-3-24-22(27)26-13-5-8-20(25-30(2,28)29)21(26)15-16-6-4-7-18(14-16)17-9-11-19(23)12-10-17/h4,6-7,9-12,14,20-22,24-25,27H,3,5,8,13,15H2,1-2H3. The van der Waals surface area contributed by atoms with Gasteiger partial charge in [0.05, 0.1) is 6.26 Å². The molecular formula is C22H30FN3O3S. The Morgan fingerprint density at radius 3 is 2.60 bits per heavy atom. The lowest BCUT2D eigenvalue weighted by Gasteiger charge is -2.43. The highest BCUT2D eigenvalue weighted by atomic mass is 32.2. The molecule has 30 heavy (non-hydrogen) atoms. The van der Waals surface area contributed by atoms with E-state index >= 15 is 0 Å². The minimum Gasteiger partial charge on any atom is -0.365 e. The Labute approximate surface area is 178 Å². The third kappa shape index (κ3) is 6.09. The molecular weight excluding hydrogens is 405 g/mol. The average molecular weight is 436 g/mol. The van der Waals surface area contributed by atoms with Crippen molar-refractivity contribution >= 4 is 10.0 Å². The summed E-state index contributed by atoms with van der Waals surface area (Å²) in [6, 6.07) is 13.8. The van der Waals surface area contributed by atoms with Crippen molar-refractivity contribution in [1.82, 2.24) is 14.9 Å². The van der Waals surface area contributed by atoms with E-state index in [0.717, 1.165) is 23.1 Å². The molecule has 1 fully saturated rings. The van der Waals surface area contributed by atoms with Gasteiger partial charge in [0.25, 0.3) is 0 Å². The van der Waals surface area contributed by atoms with Crippen LogP contribution < -0.4 is 10.0 Å². The number of aliphatic hydroxyl groups is 1. The number of halogens is 1. The van der Waals surface area contributed by atoms with Gasteiger partial charge in [0.2, 0.25) is 10.0 Å². The van der Waals surface area contributed by atoms with Crippen molar-refractivity contribution in [1.29, 1.82) is 0 Å². The van der Waals surface area contributed by atoms with Gasteiger partial charge in [-0.3, -0.25) is 10.2 Å². The average Bonchev–Trinajstić information content (AvgIpc) is 2.69. The van der Waals surface area contributed by atoms with Crippen LogP contribution in [-0.4, -0.2) is 56.2 Å². The van der Waals surface area contributed by atoms with Gasteiger partial charge in [0.1, 0.15) is 5.82 Å². The maximum Gasteiger partial charge on any atom is 0.209 e. The molecule has 0 radical (unpaired) electrons. The van der Waals surface area contributed by atoms with Crippen LogP contribution in [0.25, 0.3) is 11.1 Å². The van der Waals surface area contributed by atoms with Crippen LogP contribution in [0.5, 0.6) is 0 Å². The first-order chi connectivity index (χ1) is 14.3. The molecule has 0 aromatic heterocycles. The predicted octanol–water partition coefficient (Wildman–Crippen LogP) is 2.30. The quantitative estimate of drug-likeness (QED) is 0.555. The number of nitrogens with one attached hydrogen (secondary N) is 2. The Morgan fingerprint density at radius 2 is 1.93 bits per heavy atom. The van der Waals surface area contributed by atoms with Gasteiger partial charge >= 0.3 is 0 Å². The number of rotatable bonds is 8. The molecule has 164 valence electrons. The van der Waals surface area contributed by atoms with Crippen LogP contribution in [0.3, 0.4) is 0 Å². The number of likely N-dealkylation sites (tertiary alicyclic amines) is 1. The molecule has 2 aromatic rings. The summed E-state index contributed by atoms with van der Waals surface area (Å²) in [4.78, 5) is 1.93. The first-order valence-corrected chi connectivity index (χ1v) is 12.2. The van der Waals surface area contributed by atoms with Crippen molar-refractivity contribution < 1.29 is 17.9 Å². The fourth-order valence-corrected chi connectivity index (χ4v) is 4.95. The first kappa shape index (κ1) is 22.8. The van der Waals surface area contributed by atoms with Crippen molar-refractivity contribution in [3.05, 3.63) is 59.9 Å². The second kappa shape index (κ2) is 9.98. The lowest BCUT2D eigenvalue weighted by molar-refractivity contribution is -0.0672. The highest BCUT2D eigenvalue weighted by Crippen LogP contribution is 2.26. The van der Waals surface area contributed by atoms with Crippen molar-refractivity contribution in [3.63, 3.8) is 0 Å². The van der Waals surface area contributed by atoms with E-state index in [1.807, 2.05) is 36.1 Å². The molecule has 1 aliphatic rings. The molecule has 0 bridgehead atoms. The minimum absolute atomic E-state index is 0.203. The summed E-state index contributed by atoms with van der Waals surface area (Å²) in [7, 11) is -3.38. The number of benzene rings is 2. The topological polar surface area (TPSA) is 81.7 Å². The van der Waals surface area contributed by atoms with Gasteiger partial charge in [-0.1, -0.05) is 43.3 Å². The Bertz CT molecular complexity index is 937. The summed E-state index contributed by atoms with van der Waals surface area (Å²) in [5, 5.41) is 13.6. The zero-order valence-corrected chi connectivity index (χ0v) is 18.2. The number of piperidine rings is 1. The fourth-order valence-electron chi connectivity index (χ4n) is 4.12. The number of aliphatic hydroxyl groups excluding tert-OH is 1. The zero-order chi connectivity index (χ0) is 21.7. The monoisotopic (exact) mass is 435 g/mol. The zero-order valence-electron chi connectivity index (χ0n) is 17.4. The molecule has 3 rings (SSSR count). The number of hydrogen-bond acceptors (Lipinski definition) is 5. The molecule has 6 nitrogen and oxygen atoms in total. The van der Waals surface area contributed by atoms with Gasteiger partial charge in [0, 0.05) is 18.6 Å². The van der Waals surface area contributed by atoms with Crippen LogP contribution in [0.15, 0.2) is 48.5 Å². The summed E-state index contributed by atoms with van der Waals surface area (Å²) in [5.74, 6) is -0.278. The molecule has 0 saturated carbocycles. The molecule has 8 heteroatoms. The summed E-state index contributed by atoms with van der Waals surface area (Å²) < 4.78 is 39.9. The van der Waals surface area contributed by atoms with E-state index in [2.05, 4.69) is 10.0 Å². The Balaban J connectivity index is 1.88. The fraction of sp³-hybridized carbons (Fsp3) is 0.455. The van der Waals surface area contributed by atoms with Gasteiger partial charge in [0.15, 0.2) is 6.35 Å². The lowest BCUT2D eigenvalue weighted by atomic mass is 9.90. The van der Waals surface area contributed by atoms with Crippen molar-refractivity contribution in [2.45, 2.75) is 44.6 Å². The van der Waals surface area contributed by atoms with E-state index in [0.29, 0.717) is 25.9 Å². The van der Waals surface area contributed by atoms with Crippen LogP contribution in [-0.2, 0) is 16.4 Å². The van der Waals surface area contributed by atoms with Crippen LogP contribution in [0.1, 0.15) is 25.3 Å². The van der Waals surface area contributed by atoms with E-state index in [1.54, 1.807) is 12.1 Å². The summed E-state index contributed by atoms with van der Waals surface area (Å²) >= 11 is 0. The molecule has 0 aliphatic carbocycles. The van der Waals surface area contributed by atoms with Gasteiger partial charge < -0.3 is 5.11 Å². The van der Waals surface area contributed by atoms with E-state index in [1.165, 1.54) is 18.4 Å². The summed E-state index contributed by atoms with van der Waals surface area (Å²) in [6.45, 7) is 3.20. The van der Waals surface area contributed by atoms with E-state index < -0.39 is 16.4 Å². The Morgan fingerprint density at radius 1 is 1.20 bits per heavy atom. The van der Waals surface area contributed by atoms with Gasteiger partial charge in [-0.05, 0) is 54.6 Å². The molecule has 2 aromatic carbocycles. The lowest BCUT2D eigenvalue weighted by Crippen LogP contribution is -2.61. The molecule has 3 N–H and O–H groups in total. The molecule has 1 aliphatic heterocycles. The van der Waals surface area contributed by atoms with Crippen LogP contribution >= 0.6 is 0 Å². The number of nitrogens with zero attached hydrogens (tertiary/aromatic N) is 1. The maximum atomic E-state index is 13.3. The predicted molar refractivity (Wildman–Crippen MR) is 117 cm³/mol. The Kier molecular flexibility index (Phi) is 7.60. The first-order valence-electron chi connectivity index (χ1n) is 10.3. The number of hydrogen-bond donors (Lipinski definition) is 3. The second-order valence-electron chi connectivity index (χ2n) is 7.79. The molecule has 1 heterocycles. The van der Waals surface area contributed by atoms with Crippen molar-refractivity contribution in [2.24, 2.45) is 0 Å². The third-order valence-corrected chi connectivity index (χ3v) is 6.17. The van der Waals surface area contributed by atoms with Gasteiger partial charge in [-0.15, -0.1) is 0 Å². The highest BCUT2D eigenvalue weighted by Gasteiger charge is 2.36. The maximum absolute atomic E-state index is 13.3. The van der Waals surface area contributed by atoms with Crippen molar-refractivity contribution in [2.75, 3.05) is 19.3 Å². The molecule has 3 atom stereocenters. The third-order valence-electron chi connectivity index (χ3n) is 5.44. The van der Waals surface area contributed by atoms with Gasteiger partial charge in [-0.2, -0.15) is 0 Å². The SMILES string of the molecule is CCNC(O)N1CCCC(NS(C)(=O)=O)C1Cc1cccc(-c2ccc(F)cc2)c1. The molecule has 0 amide bonds.